The normalized spacial score (nSPS) is 18.9. The average molecular weight is 306 g/mol. The molecule has 0 N–H and O–H groups in total. The number of aromatic nitrogens is 1. The second-order valence-electron chi connectivity index (χ2n) is 6.74. The molecule has 22 heavy (non-hydrogen) atoms. The molecule has 1 aromatic rings. The van der Waals surface area contributed by atoms with Gasteiger partial charge in [-0.15, -0.1) is 0 Å². The number of pyridine rings is 1. The second kappa shape index (κ2) is 7.47. The number of carbonyl (C=O) groups excluding carboxylic acids is 1. The minimum Gasteiger partial charge on any atom is -0.478 e. The molecule has 1 aliphatic heterocycles. The number of hydrogen-bond donors (Lipinski definition) is 0. The highest BCUT2D eigenvalue weighted by molar-refractivity contribution is 5.68. The van der Waals surface area contributed by atoms with Gasteiger partial charge in [-0.25, -0.2) is 9.78 Å². The van der Waals surface area contributed by atoms with E-state index >= 15 is 0 Å². The zero-order valence-corrected chi connectivity index (χ0v) is 13.7. The molecule has 1 saturated heterocycles. The molecule has 0 bridgehead atoms. The Morgan fingerprint density at radius 1 is 1.41 bits per heavy atom. The lowest BCUT2D eigenvalue weighted by molar-refractivity contribution is 0.0154. The van der Waals surface area contributed by atoms with Gasteiger partial charge in [0.05, 0.1) is 6.61 Å². The fourth-order valence-corrected chi connectivity index (χ4v) is 2.56. The Hall–Kier alpha value is -1.78. The SMILES string of the molecule is CC(C)(C)OC(=O)N1CCC[C@H](CCOc2ccccn2)C1. The number of ether oxygens (including phenoxy) is 2. The first-order valence-electron chi connectivity index (χ1n) is 7.96. The first-order valence-corrected chi connectivity index (χ1v) is 7.96. The van der Waals surface area contributed by atoms with Gasteiger partial charge in [0.25, 0.3) is 0 Å². The minimum atomic E-state index is -0.438. The summed E-state index contributed by atoms with van der Waals surface area (Å²) < 4.78 is 11.1. The molecule has 5 nitrogen and oxygen atoms in total. The van der Waals surface area contributed by atoms with E-state index in [4.69, 9.17) is 9.47 Å². The molecule has 1 atom stereocenters. The van der Waals surface area contributed by atoms with E-state index in [2.05, 4.69) is 4.98 Å². The van der Waals surface area contributed by atoms with Gasteiger partial charge in [-0.1, -0.05) is 6.07 Å². The molecular formula is C17H26N2O3. The highest BCUT2D eigenvalue weighted by Gasteiger charge is 2.27. The van der Waals surface area contributed by atoms with Crippen molar-refractivity contribution in [3.63, 3.8) is 0 Å². The molecule has 1 amide bonds. The van der Waals surface area contributed by atoms with Gasteiger partial charge < -0.3 is 14.4 Å². The highest BCUT2D eigenvalue weighted by Crippen LogP contribution is 2.22. The summed E-state index contributed by atoms with van der Waals surface area (Å²) in [5, 5.41) is 0. The number of rotatable bonds is 4. The van der Waals surface area contributed by atoms with Crippen LogP contribution in [0.25, 0.3) is 0 Å². The Bertz CT molecular complexity index is 471. The molecule has 0 aromatic carbocycles. The van der Waals surface area contributed by atoms with Crippen molar-refractivity contribution in [3.05, 3.63) is 24.4 Å². The molecule has 2 rings (SSSR count). The van der Waals surface area contributed by atoms with Crippen molar-refractivity contribution in [2.45, 2.75) is 45.6 Å². The molecule has 0 unspecified atom stereocenters. The molecule has 5 heteroatoms. The molecule has 0 radical (unpaired) electrons. The third kappa shape index (κ3) is 5.54. The topological polar surface area (TPSA) is 51.7 Å². The van der Waals surface area contributed by atoms with E-state index in [1.807, 2.05) is 43.9 Å². The van der Waals surface area contributed by atoms with Crippen molar-refractivity contribution in [1.29, 1.82) is 0 Å². The number of hydrogen-bond acceptors (Lipinski definition) is 4. The van der Waals surface area contributed by atoms with Gasteiger partial charge in [-0.3, -0.25) is 0 Å². The largest absolute Gasteiger partial charge is 0.478 e. The lowest BCUT2D eigenvalue weighted by Crippen LogP contribution is -2.43. The van der Waals surface area contributed by atoms with Crippen molar-refractivity contribution < 1.29 is 14.3 Å². The van der Waals surface area contributed by atoms with E-state index in [1.54, 1.807) is 6.20 Å². The maximum absolute atomic E-state index is 12.1. The number of amides is 1. The Kier molecular flexibility index (Phi) is 5.63. The van der Waals surface area contributed by atoms with Crippen molar-refractivity contribution in [1.82, 2.24) is 9.88 Å². The second-order valence-corrected chi connectivity index (χ2v) is 6.74. The summed E-state index contributed by atoms with van der Waals surface area (Å²) in [6.07, 6.45) is 4.59. The minimum absolute atomic E-state index is 0.206. The van der Waals surface area contributed by atoms with Crippen LogP contribution in [0.5, 0.6) is 5.88 Å². The fourth-order valence-electron chi connectivity index (χ4n) is 2.56. The van der Waals surface area contributed by atoms with Crippen LogP contribution in [0.15, 0.2) is 24.4 Å². The van der Waals surface area contributed by atoms with Crippen molar-refractivity contribution >= 4 is 6.09 Å². The molecule has 0 spiro atoms. The Morgan fingerprint density at radius 3 is 2.91 bits per heavy atom. The van der Waals surface area contributed by atoms with Crippen LogP contribution in [-0.2, 0) is 4.74 Å². The lowest BCUT2D eigenvalue weighted by atomic mass is 9.95. The molecule has 122 valence electrons. The smallest absolute Gasteiger partial charge is 0.410 e. The van der Waals surface area contributed by atoms with Crippen LogP contribution in [0.2, 0.25) is 0 Å². The zero-order chi connectivity index (χ0) is 16.0. The maximum atomic E-state index is 12.1. The van der Waals surface area contributed by atoms with Crippen molar-refractivity contribution in [2.24, 2.45) is 5.92 Å². The third-order valence-electron chi connectivity index (χ3n) is 3.58. The number of piperidine rings is 1. The van der Waals surface area contributed by atoms with E-state index in [-0.39, 0.29) is 6.09 Å². The Labute approximate surface area is 132 Å². The van der Waals surface area contributed by atoms with E-state index in [0.717, 1.165) is 32.4 Å². The fraction of sp³-hybridized carbons (Fsp3) is 0.647. The van der Waals surface area contributed by atoms with E-state index in [0.29, 0.717) is 18.4 Å². The van der Waals surface area contributed by atoms with Gasteiger partial charge in [-0.2, -0.15) is 0 Å². The summed E-state index contributed by atoms with van der Waals surface area (Å²) in [6.45, 7) is 7.85. The van der Waals surface area contributed by atoms with E-state index in [9.17, 15) is 4.79 Å². The number of carbonyl (C=O) groups is 1. The molecule has 1 aromatic heterocycles. The van der Waals surface area contributed by atoms with E-state index in [1.165, 1.54) is 0 Å². The van der Waals surface area contributed by atoms with Crippen LogP contribution in [0, 0.1) is 5.92 Å². The molecule has 0 aliphatic carbocycles. The van der Waals surface area contributed by atoms with Crippen LogP contribution in [0.4, 0.5) is 4.79 Å². The predicted molar refractivity (Wildman–Crippen MR) is 84.9 cm³/mol. The van der Waals surface area contributed by atoms with Crippen molar-refractivity contribution in [3.8, 4) is 5.88 Å². The van der Waals surface area contributed by atoms with Crippen molar-refractivity contribution in [2.75, 3.05) is 19.7 Å². The lowest BCUT2D eigenvalue weighted by Gasteiger charge is -2.34. The van der Waals surface area contributed by atoms with Crippen LogP contribution in [0.3, 0.4) is 0 Å². The first kappa shape index (κ1) is 16.6. The monoisotopic (exact) mass is 306 g/mol. The summed E-state index contributed by atoms with van der Waals surface area (Å²) in [4.78, 5) is 18.1. The molecule has 0 saturated carbocycles. The van der Waals surface area contributed by atoms with Crippen LogP contribution < -0.4 is 4.74 Å². The van der Waals surface area contributed by atoms with Gasteiger partial charge in [0.2, 0.25) is 5.88 Å². The summed E-state index contributed by atoms with van der Waals surface area (Å²) >= 11 is 0. The number of nitrogens with zero attached hydrogens (tertiary/aromatic N) is 2. The molecular weight excluding hydrogens is 280 g/mol. The molecule has 1 aliphatic rings. The summed E-state index contributed by atoms with van der Waals surface area (Å²) in [5.74, 6) is 1.12. The molecule has 2 heterocycles. The standard InChI is InChI=1S/C17H26N2O3/c1-17(2,3)22-16(20)19-11-6-7-14(13-19)9-12-21-15-8-4-5-10-18-15/h4-5,8,10,14H,6-7,9,11-13H2,1-3H3/t14-/m1/s1. The molecule has 1 fully saturated rings. The van der Waals surface area contributed by atoms with Gasteiger partial charge in [0, 0.05) is 25.4 Å². The van der Waals surface area contributed by atoms with Crippen LogP contribution in [-0.4, -0.2) is 41.3 Å². The van der Waals surface area contributed by atoms with Gasteiger partial charge in [-0.05, 0) is 52.0 Å². The van der Waals surface area contributed by atoms with Gasteiger partial charge in [0.15, 0.2) is 0 Å². The van der Waals surface area contributed by atoms with Gasteiger partial charge in [0.1, 0.15) is 5.60 Å². The van der Waals surface area contributed by atoms with Crippen LogP contribution in [0.1, 0.15) is 40.0 Å². The number of likely N-dealkylation sites (tertiary alicyclic amines) is 1. The predicted octanol–water partition coefficient (Wildman–Crippen LogP) is 3.50. The summed E-state index contributed by atoms with van der Waals surface area (Å²) in [6, 6.07) is 5.63. The summed E-state index contributed by atoms with van der Waals surface area (Å²) in [7, 11) is 0. The van der Waals surface area contributed by atoms with E-state index < -0.39 is 5.60 Å². The average Bonchev–Trinajstić information content (AvgIpc) is 2.47. The first-order chi connectivity index (χ1) is 10.4. The summed E-state index contributed by atoms with van der Waals surface area (Å²) in [5.41, 5.74) is -0.438. The third-order valence-corrected chi connectivity index (χ3v) is 3.58. The zero-order valence-electron chi connectivity index (χ0n) is 13.7. The Morgan fingerprint density at radius 2 is 2.23 bits per heavy atom. The van der Waals surface area contributed by atoms with Crippen LogP contribution >= 0.6 is 0 Å². The maximum Gasteiger partial charge on any atom is 0.410 e. The Balaban J connectivity index is 1.75. The quantitative estimate of drug-likeness (QED) is 0.854. The van der Waals surface area contributed by atoms with Gasteiger partial charge >= 0.3 is 6.09 Å². The highest BCUT2D eigenvalue weighted by atomic mass is 16.6.